The third-order valence-electron chi connectivity index (χ3n) is 4.41. The van der Waals surface area contributed by atoms with E-state index in [0.29, 0.717) is 0 Å². The first kappa shape index (κ1) is 30.0. The summed E-state index contributed by atoms with van der Waals surface area (Å²) in [6.45, 7) is 3.91. The van der Waals surface area contributed by atoms with E-state index in [-0.39, 0.29) is 0 Å². The van der Waals surface area contributed by atoms with E-state index < -0.39 is 45.9 Å². The zero-order chi connectivity index (χ0) is 22.9. The van der Waals surface area contributed by atoms with Gasteiger partial charge in [0.25, 0.3) is 10.1 Å². The summed E-state index contributed by atoms with van der Waals surface area (Å²) in [5, 5.41) is 32.4. The summed E-state index contributed by atoms with van der Waals surface area (Å²) in [6.07, 6.45) is 11.6. The topological polar surface area (TPSA) is 169 Å². The van der Waals surface area contributed by atoms with Gasteiger partial charge in [0.05, 0.1) is 18.6 Å². The zero-order valence-electron chi connectivity index (χ0n) is 17.5. The van der Waals surface area contributed by atoms with E-state index in [1.54, 1.807) is 6.92 Å². The van der Waals surface area contributed by atoms with Crippen LogP contribution in [0, 0.1) is 0 Å². The second-order valence-corrected chi connectivity index (χ2v) is 8.82. The summed E-state index contributed by atoms with van der Waals surface area (Å²) < 4.78 is 28.7. The molecule has 0 saturated carbocycles. The van der Waals surface area contributed by atoms with Gasteiger partial charge in [-0.3, -0.25) is 14.1 Å². The van der Waals surface area contributed by atoms with E-state index in [0.717, 1.165) is 12.8 Å². The maximum Gasteiger partial charge on any atom is 0.325 e. The van der Waals surface area contributed by atoms with Crippen molar-refractivity contribution < 1.29 is 43.0 Å². The maximum atomic E-state index is 10.2. The Morgan fingerprint density at radius 2 is 1.24 bits per heavy atom. The molecular weight excluding hydrogens is 404 g/mol. The van der Waals surface area contributed by atoms with Crippen LogP contribution in [0.5, 0.6) is 0 Å². The molecule has 9 nitrogen and oxygen atoms in total. The van der Waals surface area contributed by atoms with Crippen LogP contribution < -0.4 is 0 Å². The fourth-order valence-corrected chi connectivity index (χ4v) is 3.17. The number of aliphatic hydroxyl groups is 2. The summed E-state index contributed by atoms with van der Waals surface area (Å²) in [5.41, 5.74) is 0. The van der Waals surface area contributed by atoms with Crippen molar-refractivity contribution in [3.8, 4) is 0 Å². The zero-order valence-corrected chi connectivity index (χ0v) is 18.3. The fraction of sp³-hybridized carbons (Fsp3) is 0.895. The van der Waals surface area contributed by atoms with Crippen LogP contribution in [0.15, 0.2) is 0 Å². The second-order valence-electron chi connectivity index (χ2n) is 7.22. The molecule has 0 aromatic carbocycles. The summed E-state index contributed by atoms with van der Waals surface area (Å²) in [4.78, 5) is 20.0. The molecule has 0 aromatic rings. The van der Waals surface area contributed by atoms with Gasteiger partial charge in [-0.2, -0.15) is 8.42 Å². The van der Waals surface area contributed by atoms with Crippen molar-refractivity contribution >= 4 is 22.1 Å². The molecule has 0 rings (SSSR count). The molecule has 0 fully saturated rings. The van der Waals surface area contributed by atoms with Crippen LogP contribution in [0.4, 0.5) is 0 Å². The average molecular weight is 443 g/mol. The minimum atomic E-state index is -4.84. The molecule has 0 spiro atoms. The molecule has 10 heteroatoms. The molecule has 3 atom stereocenters. The van der Waals surface area contributed by atoms with Crippen molar-refractivity contribution in [3.05, 3.63) is 0 Å². The van der Waals surface area contributed by atoms with Crippen LogP contribution in [0.2, 0.25) is 0 Å². The smallest absolute Gasteiger partial charge is 0.325 e. The Hall–Kier alpha value is -1.23. The Bertz CT molecular complexity index is 532. The lowest BCUT2D eigenvalue weighted by Crippen LogP contribution is -2.31. The Kier molecular flexibility index (Phi) is 18.2. The van der Waals surface area contributed by atoms with E-state index in [1.807, 2.05) is 0 Å². The van der Waals surface area contributed by atoms with Crippen LogP contribution in [-0.2, 0) is 19.7 Å². The van der Waals surface area contributed by atoms with E-state index in [2.05, 4.69) is 6.92 Å². The molecule has 0 aliphatic heterocycles. The normalized spacial score (nSPS) is 14.4. The number of carboxylic acid groups (broad SMARTS) is 2. The van der Waals surface area contributed by atoms with Crippen LogP contribution in [0.1, 0.15) is 90.9 Å². The predicted octanol–water partition coefficient (Wildman–Crippen LogP) is 2.84. The number of carboxylic acids is 2. The first-order valence-corrected chi connectivity index (χ1v) is 11.7. The lowest BCUT2D eigenvalue weighted by molar-refractivity contribution is -0.143. The number of rotatable bonds is 16. The molecule has 0 saturated heterocycles. The highest BCUT2D eigenvalue weighted by Gasteiger charge is 2.33. The Morgan fingerprint density at radius 3 is 1.52 bits per heavy atom. The van der Waals surface area contributed by atoms with Gasteiger partial charge in [0, 0.05) is 0 Å². The van der Waals surface area contributed by atoms with E-state index >= 15 is 0 Å². The molecular formula is C19H38O9S. The van der Waals surface area contributed by atoms with Gasteiger partial charge in [0.15, 0.2) is 5.25 Å². The average Bonchev–Trinajstić information content (AvgIpc) is 2.60. The summed E-state index contributed by atoms with van der Waals surface area (Å²) in [5.74, 6) is -3.50. The van der Waals surface area contributed by atoms with Crippen LogP contribution in [-0.4, -0.2) is 62.8 Å². The molecule has 5 N–H and O–H groups in total. The van der Waals surface area contributed by atoms with Crippen molar-refractivity contribution in [2.45, 2.75) is 108 Å². The number of hydrogen-bond acceptors (Lipinski definition) is 6. The Labute approximate surface area is 173 Å². The minimum absolute atomic E-state index is 0.524. The van der Waals surface area contributed by atoms with Crippen molar-refractivity contribution in [1.29, 1.82) is 0 Å². The summed E-state index contributed by atoms with van der Waals surface area (Å²) in [7, 11) is -4.84. The quantitative estimate of drug-likeness (QED) is 0.178. The molecule has 0 aliphatic carbocycles. The molecule has 0 radical (unpaired) electrons. The highest BCUT2D eigenvalue weighted by atomic mass is 32.2. The Balaban J connectivity index is 0. The fourth-order valence-electron chi connectivity index (χ4n) is 2.56. The molecule has 0 bridgehead atoms. The van der Waals surface area contributed by atoms with Gasteiger partial charge in [0.2, 0.25) is 0 Å². The number of hydrogen-bond donors (Lipinski definition) is 5. The predicted molar refractivity (Wildman–Crippen MR) is 109 cm³/mol. The maximum absolute atomic E-state index is 10.2. The van der Waals surface area contributed by atoms with Crippen molar-refractivity contribution in [3.63, 3.8) is 0 Å². The van der Waals surface area contributed by atoms with Crippen LogP contribution in [0.3, 0.4) is 0 Å². The molecule has 0 heterocycles. The standard InChI is InChI=1S/C15H32O2.C4H6O7S/c1-3-4-5-6-7-8-9-10-11-12-13-15(17)14(2)16;5-3(6)1-2(4(7)8)12(9,10)11/h14-17H,3-13H2,1-2H3;2H,1H2,(H,5,6)(H,7,8)(H,9,10,11). The molecule has 0 aliphatic rings. The number of aliphatic carboxylic acids is 2. The van der Waals surface area contributed by atoms with Crippen LogP contribution >= 0.6 is 0 Å². The lowest BCUT2D eigenvalue weighted by atomic mass is 10.0. The minimum Gasteiger partial charge on any atom is -0.481 e. The van der Waals surface area contributed by atoms with Gasteiger partial charge in [-0.1, -0.05) is 71.1 Å². The molecule has 3 unspecified atom stereocenters. The van der Waals surface area contributed by atoms with Crippen molar-refractivity contribution in [2.75, 3.05) is 0 Å². The largest absolute Gasteiger partial charge is 0.481 e. The molecule has 174 valence electrons. The van der Waals surface area contributed by atoms with Gasteiger partial charge in [0.1, 0.15) is 0 Å². The first-order valence-electron chi connectivity index (χ1n) is 10.2. The highest BCUT2D eigenvalue weighted by Crippen LogP contribution is 2.12. The van der Waals surface area contributed by atoms with Crippen molar-refractivity contribution in [2.24, 2.45) is 0 Å². The van der Waals surface area contributed by atoms with Gasteiger partial charge in [-0.05, 0) is 13.3 Å². The van der Waals surface area contributed by atoms with E-state index in [4.69, 9.17) is 19.9 Å². The Morgan fingerprint density at radius 1 is 0.828 bits per heavy atom. The van der Waals surface area contributed by atoms with Gasteiger partial charge < -0.3 is 20.4 Å². The second kappa shape index (κ2) is 17.6. The molecule has 0 aromatic heterocycles. The van der Waals surface area contributed by atoms with E-state index in [9.17, 15) is 23.1 Å². The van der Waals surface area contributed by atoms with Gasteiger partial charge >= 0.3 is 11.9 Å². The van der Waals surface area contributed by atoms with Gasteiger partial charge in [-0.25, -0.2) is 0 Å². The van der Waals surface area contributed by atoms with E-state index in [1.165, 1.54) is 57.8 Å². The number of carbonyl (C=O) groups is 2. The summed E-state index contributed by atoms with van der Waals surface area (Å²) >= 11 is 0. The van der Waals surface area contributed by atoms with Gasteiger partial charge in [-0.15, -0.1) is 0 Å². The lowest BCUT2D eigenvalue weighted by Gasteiger charge is -2.12. The van der Waals surface area contributed by atoms with Crippen molar-refractivity contribution in [1.82, 2.24) is 0 Å². The third-order valence-corrected chi connectivity index (χ3v) is 5.49. The highest BCUT2D eigenvalue weighted by molar-refractivity contribution is 7.87. The molecule has 0 amide bonds. The summed E-state index contributed by atoms with van der Waals surface area (Å²) in [6, 6.07) is 0. The molecule has 29 heavy (non-hydrogen) atoms. The number of unbranched alkanes of at least 4 members (excludes halogenated alkanes) is 9. The first-order chi connectivity index (χ1) is 13.4. The van der Waals surface area contributed by atoms with Crippen LogP contribution in [0.25, 0.3) is 0 Å². The third kappa shape index (κ3) is 19.8. The SMILES string of the molecule is CCCCCCCCCCCCC(O)C(C)O.O=C(O)CC(C(=O)O)S(=O)(=O)O. The number of aliphatic hydroxyl groups excluding tert-OH is 2. The monoisotopic (exact) mass is 442 g/mol.